The van der Waals surface area contributed by atoms with Crippen LogP contribution >= 0.6 is 0 Å². The van der Waals surface area contributed by atoms with Crippen molar-refractivity contribution < 1.29 is 24.6 Å². The minimum absolute atomic E-state index is 0.531. The molecule has 1 rings (SSSR count). The highest BCUT2D eigenvalue weighted by atomic mass is 16.4. The third-order valence-electron chi connectivity index (χ3n) is 2.59. The lowest BCUT2D eigenvalue weighted by atomic mass is 10.2. The molecule has 0 aliphatic carbocycles. The first-order chi connectivity index (χ1) is 9.72. The van der Waals surface area contributed by atoms with Gasteiger partial charge >= 0.3 is 17.6 Å². The van der Waals surface area contributed by atoms with Crippen LogP contribution in [0.4, 0.5) is 0 Å². The van der Waals surface area contributed by atoms with Crippen LogP contribution in [0.2, 0.25) is 0 Å². The van der Waals surface area contributed by atoms with Crippen molar-refractivity contribution in [2.45, 2.75) is 19.0 Å². The van der Waals surface area contributed by atoms with Gasteiger partial charge in [0.1, 0.15) is 12.6 Å². The second-order valence-corrected chi connectivity index (χ2v) is 4.18. The van der Waals surface area contributed by atoms with Gasteiger partial charge < -0.3 is 15.5 Å². The van der Waals surface area contributed by atoms with E-state index in [1.165, 1.54) is 7.05 Å². The molecule has 1 amide bonds. The first kappa shape index (κ1) is 16.1. The minimum Gasteiger partial charge on any atom is -0.481 e. The molecule has 0 fully saturated rings. The Kier molecular flexibility index (Phi) is 5.00. The number of amides is 1. The van der Waals surface area contributed by atoms with E-state index in [9.17, 15) is 24.0 Å². The molecule has 114 valence electrons. The summed E-state index contributed by atoms with van der Waals surface area (Å²) in [6.45, 7) is -0.531. The van der Waals surface area contributed by atoms with Gasteiger partial charge in [0, 0.05) is 19.3 Å². The fourth-order valence-electron chi connectivity index (χ4n) is 1.51. The van der Waals surface area contributed by atoms with Gasteiger partial charge in [0.15, 0.2) is 0 Å². The zero-order chi connectivity index (χ0) is 16.2. The maximum atomic E-state index is 11.7. The Hall–Kier alpha value is -2.91. The van der Waals surface area contributed by atoms with Crippen LogP contribution in [-0.4, -0.2) is 43.2 Å². The Morgan fingerprint density at radius 2 is 1.90 bits per heavy atom. The molecule has 0 aromatic carbocycles. The summed E-state index contributed by atoms with van der Waals surface area (Å²) in [5.41, 5.74) is -1.30. The molecule has 10 nitrogen and oxygen atoms in total. The highest BCUT2D eigenvalue weighted by molar-refractivity contribution is 5.86. The lowest BCUT2D eigenvalue weighted by Gasteiger charge is -2.13. The molecular formula is C11H13N3O7. The predicted molar refractivity (Wildman–Crippen MR) is 67.8 cm³/mol. The molecule has 1 aromatic heterocycles. The van der Waals surface area contributed by atoms with E-state index in [2.05, 4.69) is 0 Å². The lowest BCUT2D eigenvalue weighted by molar-refractivity contribution is -0.147. The number of rotatable bonds is 6. The number of nitrogens with zero attached hydrogens (tertiary/aromatic N) is 2. The van der Waals surface area contributed by atoms with Gasteiger partial charge in [0.25, 0.3) is 5.56 Å². The molecule has 1 aromatic rings. The maximum Gasteiger partial charge on any atom is 0.331 e. The highest BCUT2D eigenvalue weighted by Gasteiger charge is 2.23. The summed E-state index contributed by atoms with van der Waals surface area (Å²) in [7, 11) is 1.23. The Labute approximate surface area is 117 Å². The van der Waals surface area contributed by atoms with E-state index < -0.39 is 48.1 Å². The fourth-order valence-corrected chi connectivity index (χ4v) is 1.51. The van der Waals surface area contributed by atoms with Crippen molar-refractivity contribution in [3.63, 3.8) is 0 Å². The number of carbonyl (C=O) groups excluding carboxylic acids is 1. The second kappa shape index (κ2) is 6.50. The minimum atomic E-state index is -1.60. The third-order valence-corrected chi connectivity index (χ3v) is 2.59. The van der Waals surface area contributed by atoms with E-state index in [-0.39, 0.29) is 0 Å². The smallest absolute Gasteiger partial charge is 0.331 e. The fraction of sp³-hybridized carbons (Fsp3) is 0.364. The molecular weight excluding hydrogens is 286 g/mol. The van der Waals surface area contributed by atoms with Crippen LogP contribution in [0.3, 0.4) is 0 Å². The third kappa shape index (κ3) is 4.30. The van der Waals surface area contributed by atoms with Crippen LogP contribution in [0, 0.1) is 0 Å². The van der Waals surface area contributed by atoms with Crippen LogP contribution in [0.25, 0.3) is 0 Å². The zero-order valence-corrected chi connectivity index (χ0v) is 11.0. The highest BCUT2D eigenvalue weighted by Crippen LogP contribution is 1.93. The number of aromatic nitrogens is 2. The Morgan fingerprint density at radius 3 is 2.43 bits per heavy atom. The van der Waals surface area contributed by atoms with E-state index in [0.29, 0.717) is 0 Å². The molecule has 10 heteroatoms. The van der Waals surface area contributed by atoms with Gasteiger partial charge in [0.2, 0.25) is 5.91 Å². The molecule has 0 radical (unpaired) electrons. The van der Waals surface area contributed by atoms with Crippen molar-refractivity contribution in [3.05, 3.63) is 33.1 Å². The normalized spacial score (nSPS) is 11.7. The Morgan fingerprint density at radius 1 is 1.29 bits per heavy atom. The van der Waals surface area contributed by atoms with E-state index in [0.717, 1.165) is 21.4 Å². The van der Waals surface area contributed by atoms with E-state index in [4.69, 9.17) is 10.2 Å². The first-order valence-corrected chi connectivity index (χ1v) is 5.73. The van der Waals surface area contributed by atoms with Crippen LogP contribution in [-0.2, 0) is 28.0 Å². The molecule has 1 heterocycles. The van der Waals surface area contributed by atoms with Crippen molar-refractivity contribution in [2.75, 3.05) is 0 Å². The zero-order valence-electron chi connectivity index (χ0n) is 11.0. The average Bonchev–Trinajstić information content (AvgIpc) is 2.38. The molecule has 21 heavy (non-hydrogen) atoms. The van der Waals surface area contributed by atoms with Gasteiger partial charge in [-0.05, 0) is 0 Å². The lowest BCUT2D eigenvalue weighted by Crippen LogP contribution is -2.45. The number of carboxylic acids is 2. The second-order valence-electron chi connectivity index (χ2n) is 4.18. The molecule has 0 saturated carbocycles. The van der Waals surface area contributed by atoms with Gasteiger partial charge in [-0.1, -0.05) is 0 Å². The van der Waals surface area contributed by atoms with Crippen LogP contribution in [0.15, 0.2) is 21.9 Å². The van der Waals surface area contributed by atoms with Gasteiger partial charge in [-0.3, -0.25) is 23.5 Å². The van der Waals surface area contributed by atoms with Gasteiger partial charge in [0.05, 0.1) is 6.42 Å². The molecule has 0 aliphatic heterocycles. The summed E-state index contributed by atoms with van der Waals surface area (Å²) in [5, 5.41) is 19.3. The van der Waals surface area contributed by atoms with Gasteiger partial charge in [-0.25, -0.2) is 9.59 Å². The van der Waals surface area contributed by atoms with Crippen molar-refractivity contribution in [1.82, 2.24) is 14.5 Å². The number of aliphatic carboxylic acids is 2. The SMILES string of the molecule is Cn1c(=O)ccn(CC(=O)N[C@@H](CC(=O)O)C(=O)O)c1=O. The molecule has 3 N–H and O–H groups in total. The van der Waals surface area contributed by atoms with Gasteiger partial charge in [-0.2, -0.15) is 0 Å². The topological polar surface area (TPSA) is 148 Å². The van der Waals surface area contributed by atoms with Crippen LogP contribution in [0.1, 0.15) is 6.42 Å². The average molecular weight is 299 g/mol. The standard InChI is InChI=1S/C11H13N3O7/c1-13-8(16)2-3-14(11(13)21)5-7(15)12-6(10(19)20)4-9(17)18/h2-3,6H,4-5H2,1H3,(H,12,15)(H,17,18)(H,19,20)/t6-/m0/s1. The number of nitrogens with one attached hydrogen (secondary N) is 1. The number of carbonyl (C=O) groups is 3. The largest absolute Gasteiger partial charge is 0.481 e. The quantitative estimate of drug-likeness (QED) is 0.530. The molecule has 0 aliphatic rings. The predicted octanol–water partition coefficient (Wildman–Crippen LogP) is -2.41. The monoisotopic (exact) mass is 299 g/mol. The summed E-state index contributed by atoms with van der Waals surface area (Å²) in [5.74, 6) is -3.75. The Bertz CT molecular complexity index is 688. The van der Waals surface area contributed by atoms with E-state index in [1.54, 1.807) is 0 Å². The molecule has 0 saturated heterocycles. The molecule has 0 unspecified atom stereocenters. The summed E-state index contributed by atoms with van der Waals surface area (Å²) in [6.07, 6.45) is 0.306. The van der Waals surface area contributed by atoms with E-state index in [1.807, 2.05) is 5.32 Å². The number of hydrogen-bond acceptors (Lipinski definition) is 5. The van der Waals surface area contributed by atoms with Gasteiger partial charge in [-0.15, -0.1) is 0 Å². The van der Waals surface area contributed by atoms with Crippen LogP contribution < -0.4 is 16.6 Å². The van der Waals surface area contributed by atoms with Crippen molar-refractivity contribution in [2.24, 2.45) is 7.05 Å². The van der Waals surface area contributed by atoms with Crippen molar-refractivity contribution >= 4 is 17.8 Å². The number of carboxylic acid groups (broad SMARTS) is 2. The molecule has 0 bridgehead atoms. The summed E-state index contributed by atoms with van der Waals surface area (Å²) in [6, 6.07) is -0.529. The molecule has 1 atom stereocenters. The van der Waals surface area contributed by atoms with Crippen molar-refractivity contribution in [3.8, 4) is 0 Å². The van der Waals surface area contributed by atoms with Crippen LogP contribution in [0.5, 0.6) is 0 Å². The Balaban J connectivity index is 2.84. The van der Waals surface area contributed by atoms with E-state index >= 15 is 0 Å². The summed E-state index contributed by atoms with van der Waals surface area (Å²) < 4.78 is 1.68. The number of hydrogen-bond donors (Lipinski definition) is 3. The summed E-state index contributed by atoms with van der Waals surface area (Å²) >= 11 is 0. The maximum absolute atomic E-state index is 11.7. The van der Waals surface area contributed by atoms with Crippen molar-refractivity contribution in [1.29, 1.82) is 0 Å². The summed E-state index contributed by atoms with van der Waals surface area (Å²) in [4.78, 5) is 55.8. The molecule has 0 spiro atoms. The first-order valence-electron chi connectivity index (χ1n) is 5.73.